The third-order valence-electron chi connectivity index (χ3n) is 2.73. The van der Waals surface area contributed by atoms with Crippen molar-refractivity contribution in [3.8, 4) is 0 Å². The Morgan fingerprint density at radius 2 is 1.84 bits per heavy atom. The lowest BCUT2D eigenvalue weighted by molar-refractivity contribution is 0.817. The lowest BCUT2D eigenvalue weighted by atomic mass is 10.1. The summed E-state index contributed by atoms with van der Waals surface area (Å²) < 4.78 is 0. The van der Waals surface area contributed by atoms with Crippen LogP contribution in [0.25, 0.3) is 6.08 Å². The van der Waals surface area contributed by atoms with Gasteiger partial charge in [-0.15, -0.1) is 12.6 Å². The van der Waals surface area contributed by atoms with E-state index < -0.39 is 0 Å². The highest BCUT2D eigenvalue weighted by molar-refractivity contribution is 7.84. The number of aromatic amines is 1. The molecule has 0 aliphatic rings. The first-order valence-corrected chi connectivity index (χ1v) is 7.34. The number of H-pyrrole nitrogens is 1. The van der Waals surface area contributed by atoms with Crippen molar-refractivity contribution in [2.24, 2.45) is 5.92 Å². The van der Waals surface area contributed by atoms with Crippen LogP contribution in [0.15, 0.2) is 46.7 Å². The Kier molecular flexibility index (Phi) is 9.15. The molecule has 0 saturated heterocycles. The van der Waals surface area contributed by atoms with Crippen molar-refractivity contribution >= 4 is 18.7 Å². The molecule has 0 bridgehead atoms. The second-order valence-electron chi connectivity index (χ2n) is 4.57. The smallest absolute Gasteiger partial charge is 0.00781 e. The van der Waals surface area contributed by atoms with E-state index >= 15 is 0 Å². The summed E-state index contributed by atoms with van der Waals surface area (Å²) >= 11 is 4.48. The summed E-state index contributed by atoms with van der Waals surface area (Å²) in [4.78, 5) is 4.16. The predicted octanol–water partition coefficient (Wildman–Crippen LogP) is 5.86. The maximum atomic E-state index is 4.48. The fourth-order valence-corrected chi connectivity index (χ4v) is 1.49. The molecule has 0 aliphatic carbocycles. The average molecular weight is 277 g/mol. The summed E-state index contributed by atoms with van der Waals surface area (Å²) in [7, 11) is 0. The number of hydrogen-bond acceptors (Lipinski definition) is 1. The molecule has 0 spiro atoms. The SMILES string of the molecule is CC.CC(/C=C\c1cc[nH]c1)=C(C)\C=C(/S)C(C)C. The van der Waals surface area contributed by atoms with Gasteiger partial charge in [0.05, 0.1) is 0 Å². The van der Waals surface area contributed by atoms with E-state index in [9.17, 15) is 0 Å². The molecule has 0 aromatic carbocycles. The first kappa shape index (κ1) is 17.8. The highest BCUT2D eigenvalue weighted by Crippen LogP contribution is 2.18. The number of nitrogens with one attached hydrogen (secondary N) is 1. The van der Waals surface area contributed by atoms with Crippen molar-refractivity contribution in [2.75, 3.05) is 0 Å². The fourth-order valence-electron chi connectivity index (χ4n) is 1.30. The summed E-state index contributed by atoms with van der Waals surface area (Å²) in [6.07, 6.45) is 10.3. The fraction of sp³-hybridized carbons (Fsp3) is 0.412. The maximum absolute atomic E-state index is 4.48. The average Bonchev–Trinajstić information content (AvgIpc) is 2.91. The topological polar surface area (TPSA) is 15.8 Å². The normalized spacial score (nSPS) is 13.4. The van der Waals surface area contributed by atoms with Gasteiger partial charge in [-0.3, -0.25) is 0 Å². The summed E-state index contributed by atoms with van der Waals surface area (Å²) in [6, 6.07) is 2.05. The van der Waals surface area contributed by atoms with E-state index in [1.165, 1.54) is 16.7 Å². The third kappa shape index (κ3) is 7.12. The summed E-state index contributed by atoms with van der Waals surface area (Å²) in [5, 5.41) is 0. The Bertz CT molecular complexity index is 434. The number of hydrogen-bond donors (Lipinski definition) is 2. The maximum Gasteiger partial charge on any atom is 0.00781 e. The summed E-state index contributed by atoms with van der Waals surface area (Å²) in [5.74, 6) is 0.481. The molecule has 1 nitrogen and oxygen atoms in total. The first-order chi connectivity index (χ1) is 9.00. The van der Waals surface area contributed by atoms with Gasteiger partial charge in [0.15, 0.2) is 0 Å². The van der Waals surface area contributed by atoms with Gasteiger partial charge in [-0.25, -0.2) is 0 Å². The van der Waals surface area contributed by atoms with Gasteiger partial charge in [0.25, 0.3) is 0 Å². The Balaban J connectivity index is 0.00000154. The Morgan fingerprint density at radius 1 is 1.21 bits per heavy atom. The lowest BCUT2D eigenvalue weighted by Gasteiger charge is -2.05. The first-order valence-electron chi connectivity index (χ1n) is 6.89. The van der Waals surface area contributed by atoms with Gasteiger partial charge >= 0.3 is 0 Å². The quantitative estimate of drug-likeness (QED) is 0.506. The molecule has 1 rings (SSSR count). The minimum atomic E-state index is 0.481. The van der Waals surface area contributed by atoms with E-state index in [2.05, 4.69) is 63.5 Å². The molecule has 0 unspecified atom stereocenters. The lowest BCUT2D eigenvalue weighted by Crippen LogP contribution is -1.87. The van der Waals surface area contributed by atoms with Gasteiger partial charge < -0.3 is 4.98 Å². The van der Waals surface area contributed by atoms with Crippen LogP contribution in [-0.2, 0) is 0 Å². The van der Waals surface area contributed by atoms with Crippen molar-refractivity contribution < 1.29 is 0 Å². The van der Waals surface area contributed by atoms with E-state index in [1.807, 2.05) is 32.3 Å². The van der Waals surface area contributed by atoms with Crippen LogP contribution in [-0.4, -0.2) is 4.98 Å². The van der Waals surface area contributed by atoms with Crippen LogP contribution in [0, 0.1) is 5.92 Å². The van der Waals surface area contributed by atoms with Crippen molar-refractivity contribution in [3.05, 3.63) is 52.2 Å². The molecule has 0 radical (unpaired) electrons. The highest BCUT2D eigenvalue weighted by atomic mass is 32.1. The van der Waals surface area contributed by atoms with E-state index in [0.29, 0.717) is 5.92 Å². The molecule has 106 valence electrons. The van der Waals surface area contributed by atoms with E-state index in [1.54, 1.807) is 0 Å². The molecule has 0 aliphatic heterocycles. The monoisotopic (exact) mass is 277 g/mol. The summed E-state index contributed by atoms with van der Waals surface area (Å²) in [5.41, 5.74) is 3.71. The van der Waals surface area contributed by atoms with E-state index in [0.717, 1.165) is 4.91 Å². The van der Waals surface area contributed by atoms with Crippen molar-refractivity contribution in [3.63, 3.8) is 0 Å². The molecule has 0 fully saturated rings. The van der Waals surface area contributed by atoms with E-state index in [-0.39, 0.29) is 0 Å². The van der Waals surface area contributed by atoms with Crippen molar-refractivity contribution in [1.29, 1.82) is 0 Å². The molecule has 1 N–H and O–H groups in total. The van der Waals surface area contributed by atoms with Gasteiger partial charge in [-0.2, -0.15) is 0 Å². The van der Waals surface area contributed by atoms with Gasteiger partial charge in [-0.05, 0) is 53.5 Å². The molecular weight excluding hydrogens is 250 g/mol. The zero-order chi connectivity index (χ0) is 14.8. The standard InChI is InChI=1S/C15H21NS.C2H6/c1-11(2)15(17)9-13(4)12(3)5-6-14-7-8-16-10-14;1-2/h5-11,16-17H,1-4H3;1-2H3/b6-5-,13-12+,15-9-;. The molecule has 19 heavy (non-hydrogen) atoms. The van der Waals surface area contributed by atoms with Gasteiger partial charge in [0.1, 0.15) is 0 Å². The molecule has 1 aromatic rings. The van der Waals surface area contributed by atoms with Crippen LogP contribution in [0.1, 0.15) is 47.1 Å². The number of rotatable bonds is 4. The number of allylic oxidation sites excluding steroid dienone is 5. The molecule has 1 aromatic heterocycles. The largest absolute Gasteiger partial charge is 0.367 e. The molecular formula is C17H27NS. The van der Waals surface area contributed by atoms with Gasteiger partial charge in [-0.1, -0.05) is 39.8 Å². The molecule has 1 heterocycles. The second kappa shape index (κ2) is 9.74. The van der Waals surface area contributed by atoms with Crippen LogP contribution < -0.4 is 0 Å². The minimum absolute atomic E-state index is 0.481. The van der Waals surface area contributed by atoms with Crippen molar-refractivity contribution in [2.45, 2.75) is 41.5 Å². The Labute approximate surface area is 123 Å². The van der Waals surface area contributed by atoms with Crippen LogP contribution >= 0.6 is 12.6 Å². The van der Waals surface area contributed by atoms with Gasteiger partial charge in [0.2, 0.25) is 0 Å². The summed E-state index contributed by atoms with van der Waals surface area (Å²) in [6.45, 7) is 12.5. The Hall–Kier alpha value is -1.15. The predicted molar refractivity (Wildman–Crippen MR) is 91.5 cm³/mol. The third-order valence-corrected chi connectivity index (χ3v) is 3.37. The minimum Gasteiger partial charge on any atom is -0.367 e. The Morgan fingerprint density at radius 3 is 2.32 bits per heavy atom. The van der Waals surface area contributed by atoms with Gasteiger partial charge in [0, 0.05) is 12.4 Å². The zero-order valence-corrected chi connectivity index (χ0v) is 13.9. The van der Waals surface area contributed by atoms with E-state index in [4.69, 9.17) is 0 Å². The van der Waals surface area contributed by atoms with Crippen LogP contribution in [0.2, 0.25) is 0 Å². The molecule has 0 saturated carbocycles. The van der Waals surface area contributed by atoms with Crippen LogP contribution in [0.4, 0.5) is 0 Å². The molecule has 0 atom stereocenters. The van der Waals surface area contributed by atoms with Crippen LogP contribution in [0.3, 0.4) is 0 Å². The molecule has 2 heteroatoms. The molecule has 0 amide bonds. The number of aromatic nitrogens is 1. The highest BCUT2D eigenvalue weighted by Gasteiger charge is 1.98. The zero-order valence-electron chi connectivity index (χ0n) is 13.0. The second-order valence-corrected chi connectivity index (χ2v) is 5.08. The van der Waals surface area contributed by atoms with Crippen molar-refractivity contribution in [1.82, 2.24) is 4.98 Å². The van der Waals surface area contributed by atoms with Crippen LogP contribution in [0.5, 0.6) is 0 Å². The number of thiol groups is 1.